The smallest absolute Gasteiger partial charge is 0.404 e. The Morgan fingerprint density at radius 2 is 2.18 bits per heavy atom. The Hall–Kier alpha value is -0.810. The number of ether oxygens (including phenoxy) is 2. The monoisotopic (exact) mass is 161 g/mol. The second-order valence-electron chi connectivity index (χ2n) is 2.19. The zero-order chi connectivity index (χ0) is 8.10. The first-order valence-corrected chi connectivity index (χ1v) is 3.49. The van der Waals surface area contributed by atoms with E-state index in [2.05, 4.69) is 5.32 Å². The normalized spacial score (nSPS) is 18.5. The van der Waals surface area contributed by atoms with Crippen LogP contribution in [0.3, 0.4) is 0 Å². The van der Waals surface area contributed by atoms with Crippen molar-refractivity contribution in [3.8, 4) is 0 Å². The van der Waals surface area contributed by atoms with E-state index in [9.17, 15) is 4.79 Å². The molecule has 0 aromatic rings. The molecule has 0 aromatic heterocycles. The van der Waals surface area contributed by atoms with E-state index >= 15 is 0 Å². The van der Waals surface area contributed by atoms with Gasteiger partial charge in [0.05, 0.1) is 13.2 Å². The van der Waals surface area contributed by atoms with Crippen molar-refractivity contribution < 1.29 is 19.4 Å². The standard InChI is InChI=1S/C6H11NO4/c8-6(9)7-2-1-5-10-3-4-11-5/h5,7H,1-4H2,(H,8,9). The molecule has 0 spiro atoms. The van der Waals surface area contributed by atoms with Gasteiger partial charge in [0.1, 0.15) is 0 Å². The van der Waals surface area contributed by atoms with Crippen LogP contribution in [0.5, 0.6) is 0 Å². The van der Waals surface area contributed by atoms with Crippen LogP contribution in [0.2, 0.25) is 0 Å². The first-order valence-electron chi connectivity index (χ1n) is 3.49. The lowest BCUT2D eigenvalue weighted by Gasteiger charge is -2.07. The summed E-state index contributed by atoms with van der Waals surface area (Å²) in [4.78, 5) is 9.98. The fraction of sp³-hybridized carbons (Fsp3) is 0.833. The van der Waals surface area contributed by atoms with Gasteiger partial charge in [-0.05, 0) is 0 Å². The topological polar surface area (TPSA) is 67.8 Å². The number of hydrogen-bond acceptors (Lipinski definition) is 3. The summed E-state index contributed by atoms with van der Waals surface area (Å²) < 4.78 is 10.2. The third kappa shape index (κ3) is 3.20. The third-order valence-electron chi connectivity index (χ3n) is 1.35. The first kappa shape index (κ1) is 8.29. The molecule has 5 heteroatoms. The van der Waals surface area contributed by atoms with Gasteiger partial charge in [-0.25, -0.2) is 4.79 Å². The summed E-state index contributed by atoms with van der Waals surface area (Å²) in [5, 5.41) is 10.4. The van der Waals surface area contributed by atoms with Crippen molar-refractivity contribution in [1.29, 1.82) is 0 Å². The van der Waals surface area contributed by atoms with Gasteiger partial charge in [-0.2, -0.15) is 0 Å². The maximum absolute atomic E-state index is 9.98. The fourth-order valence-corrected chi connectivity index (χ4v) is 0.871. The molecule has 1 heterocycles. The van der Waals surface area contributed by atoms with Crippen LogP contribution in [0.1, 0.15) is 6.42 Å². The second-order valence-corrected chi connectivity index (χ2v) is 2.19. The van der Waals surface area contributed by atoms with Crippen LogP contribution in [0, 0.1) is 0 Å². The van der Waals surface area contributed by atoms with Crippen molar-refractivity contribution in [3.63, 3.8) is 0 Å². The van der Waals surface area contributed by atoms with E-state index in [1.54, 1.807) is 0 Å². The summed E-state index contributed by atoms with van der Waals surface area (Å²) in [6.07, 6.45) is -0.656. The third-order valence-corrected chi connectivity index (χ3v) is 1.35. The Morgan fingerprint density at radius 3 is 2.73 bits per heavy atom. The lowest BCUT2D eigenvalue weighted by atomic mass is 10.4. The van der Waals surface area contributed by atoms with Crippen LogP contribution in [0.15, 0.2) is 0 Å². The van der Waals surface area contributed by atoms with Crippen molar-refractivity contribution in [3.05, 3.63) is 0 Å². The summed E-state index contributed by atoms with van der Waals surface area (Å²) in [6.45, 7) is 1.59. The van der Waals surface area contributed by atoms with Gasteiger partial charge < -0.3 is 19.9 Å². The van der Waals surface area contributed by atoms with Crippen LogP contribution >= 0.6 is 0 Å². The quantitative estimate of drug-likeness (QED) is 0.612. The Morgan fingerprint density at radius 1 is 1.55 bits per heavy atom. The first-order chi connectivity index (χ1) is 5.29. The molecule has 11 heavy (non-hydrogen) atoms. The van der Waals surface area contributed by atoms with E-state index in [-0.39, 0.29) is 6.29 Å². The van der Waals surface area contributed by atoms with Crippen LogP contribution in [0.4, 0.5) is 4.79 Å². The van der Waals surface area contributed by atoms with E-state index < -0.39 is 6.09 Å². The Kier molecular flexibility index (Phi) is 3.13. The SMILES string of the molecule is O=C(O)NCCC1OCCO1. The number of hydrogen-bond donors (Lipinski definition) is 2. The summed E-state index contributed by atoms with van der Waals surface area (Å²) in [5.41, 5.74) is 0. The van der Waals surface area contributed by atoms with Gasteiger partial charge in [-0.1, -0.05) is 0 Å². The summed E-state index contributed by atoms with van der Waals surface area (Å²) in [7, 11) is 0. The van der Waals surface area contributed by atoms with Gasteiger partial charge in [-0.15, -0.1) is 0 Å². The zero-order valence-electron chi connectivity index (χ0n) is 6.08. The number of amides is 1. The molecule has 0 aromatic carbocycles. The van der Waals surface area contributed by atoms with Gasteiger partial charge in [0, 0.05) is 13.0 Å². The Bertz CT molecular complexity index is 133. The molecule has 1 rings (SSSR count). The molecule has 5 nitrogen and oxygen atoms in total. The molecular weight excluding hydrogens is 150 g/mol. The fourth-order valence-electron chi connectivity index (χ4n) is 0.871. The van der Waals surface area contributed by atoms with Gasteiger partial charge in [0.2, 0.25) is 0 Å². The molecule has 0 saturated carbocycles. The average Bonchev–Trinajstić information content (AvgIpc) is 2.39. The number of carbonyl (C=O) groups is 1. The minimum atomic E-state index is -1.01. The summed E-state index contributed by atoms with van der Waals surface area (Å²) in [6, 6.07) is 0. The lowest BCUT2D eigenvalue weighted by molar-refractivity contribution is -0.0456. The van der Waals surface area contributed by atoms with Crippen LogP contribution < -0.4 is 5.32 Å². The van der Waals surface area contributed by atoms with Gasteiger partial charge >= 0.3 is 6.09 Å². The number of rotatable bonds is 3. The maximum atomic E-state index is 9.98. The molecule has 0 unspecified atom stereocenters. The van der Waals surface area contributed by atoms with Crippen LogP contribution in [-0.2, 0) is 9.47 Å². The Balaban J connectivity index is 1.98. The lowest BCUT2D eigenvalue weighted by Crippen LogP contribution is -2.25. The minimum absolute atomic E-state index is 0.221. The van der Waals surface area contributed by atoms with E-state index in [0.717, 1.165) is 0 Å². The highest BCUT2D eigenvalue weighted by molar-refractivity contribution is 5.64. The molecule has 1 aliphatic rings. The maximum Gasteiger partial charge on any atom is 0.404 e. The highest BCUT2D eigenvalue weighted by Crippen LogP contribution is 2.06. The van der Waals surface area contributed by atoms with Crippen molar-refractivity contribution in [1.82, 2.24) is 5.32 Å². The molecular formula is C6H11NO4. The molecule has 1 amide bonds. The van der Waals surface area contributed by atoms with Crippen molar-refractivity contribution in [2.45, 2.75) is 12.7 Å². The van der Waals surface area contributed by atoms with E-state index in [1.165, 1.54) is 0 Å². The Labute approximate surface area is 64.3 Å². The van der Waals surface area contributed by atoms with E-state index in [0.29, 0.717) is 26.2 Å². The highest BCUT2D eigenvalue weighted by atomic mass is 16.7. The van der Waals surface area contributed by atoms with E-state index in [4.69, 9.17) is 14.6 Å². The summed E-state index contributed by atoms with van der Waals surface area (Å²) >= 11 is 0. The minimum Gasteiger partial charge on any atom is -0.465 e. The average molecular weight is 161 g/mol. The molecule has 64 valence electrons. The molecule has 2 N–H and O–H groups in total. The summed E-state index contributed by atoms with van der Waals surface area (Å²) in [5.74, 6) is 0. The molecule has 0 aliphatic carbocycles. The van der Waals surface area contributed by atoms with Crippen LogP contribution in [-0.4, -0.2) is 37.2 Å². The number of carboxylic acid groups (broad SMARTS) is 1. The molecule has 0 atom stereocenters. The largest absolute Gasteiger partial charge is 0.465 e. The predicted octanol–water partition coefficient (Wildman–Crippen LogP) is 0.0170. The van der Waals surface area contributed by atoms with Crippen molar-refractivity contribution >= 4 is 6.09 Å². The molecule has 1 fully saturated rings. The zero-order valence-corrected chi connectivity index (χ0v) is 6.08. The predicted molar refractivity (Wildman–Crippen MR) is 36.3 cm³/mol. The van der Waals surface area contributed by atoms with Crippen molar-refractivity contribution in [2.24, 2.45) is 0 Å². The highest BCUT2D eigenvalue weighted by Gasteiger charge is 2.14. The van der Waals surface area contributed by atoms with E-state index in [1.807, 2.05) is 0 Å². The molecule has 1 aliphatic heterocycles. The second kappa shape index (κ2) is 4.15. The molecule has 0 bridgehead atoms. The van der Waals surface area contributed by atoms with Gasteiger partial charge in [-0.3, -0.25) is 0 Å². The van der Waals surface area contributed by atoms with Gasteiger partial charge in [0.15, 0.2) is 6.29 Å². The van der Waals surface area contributed by atoms with Crippen LogP contribution in [0.25, 0.3) is 0 Å². The molecule has 1 saturated heterocycles. The number of nitrogens with one attached hydrogen (secondary N) is 1. The van der Waals surface area contributed by atoms with Gasteiger partial charge in [0.25, 0.3) is 0 Å². The van der Waals surface area contributed by atoms with Crippen molar-refractivity contribution in [2.75, 3.05) is 19.8 Å². The molecule has 0 radical (unpaired) electrons.